The molecule has 0 amide bonds. The van der Waals surface area contributed by atoms with Crippen LogP contribution in [0.5, 0.6) is 0 Å². The Kier molecular flexibility index (Phi) is 4.17. The number of hydrogen-bond donors (Lipinski definition) is 0. The van der Waals surface area contributed by atoms with E-state index < -0.39 is 0 Å². The van der Waals surface area contributed by atoms with Crippen molar-refractivity contribution in [2.75, 3.05) is 13.1 Å². The number of hydrogen-bond acceptors (Lipinski definition) is 2. The van der Waals surface area contributed by atoms with Gasteiger partial charge in [0.2, 0.25) is 0 Å². The monoisotopic (exact) mass is 191 g/mol. The van der Waals surface area contributed by atoms with Gasteiger partial charge in [0.15, 0.2) is 0 Å². The molecule has 0 atom stereocenters. The maximum atomic E-state index is 10.5. The molecule has 2 nitrogen and oxygen atoms in total. The standard InChI is InChI=1S/C12H17NO/c1-3-13(4-2)9-11-5-7-12(10-14)8-6-11/h5-10,12H,3-4H2,1-2H3. The summed E-state index contributed by atoms with van der Waals surface area (Å²) in [5.41, 5.74) is 1.16. The van der Waals surface area contributed by atoms with E-state index in [1.807, 2.05) is 24.3 Å². The van der Waals surface area contributed by atoms with Gasteiger partial charge in [-0.3, -0.25) is 0 Å². The van der Waals surface area contributed by atoms with Gasteiger partial charge in [0.05, 0.1) is 5.92 Å². The maximum absolute atomic E-state index is 10.5. The Bertz CT molecular complexity index is 256. The Hall–Kier alpha value is -1.31. The Balaban J connectivity index is 2.64. The summed E-state index contributed by atoms with van der Waals surface area (Å²) in [6.07, 6.45) is 10.9. The lowest BCUT2D eigenvalue weighted by atomic mass is 10.0. The van der Waals surface area contributed by atoms with Gasteiger partial charge in [-0.15, -0.1) is 0 Å². The van der Waals surface area contributed by atoms with Crippen molar-refractivity contribution in [3.63, 3.8) is 0 Å². The first-order valence-corrected chi connectivity index (χ1v) is 5.07. The predicted molar refractivity (Wildman–Crippen MR) is 58.8 cm³/mol. The number of allylic oxidation sites excluding steroid dienone is 5. The highest BCUT2D eigenvalue weighted by molar-refractivity contribution is 5.62. The molecule has 0 aliphatic heterocycles. The van der Waals surface area contributed by atoms with E-state index in [9.17, 15) is 4.79 Å². The fourth-order valence-electron chi connectivity index (χ4n) is 1.36. The van der Waals surface area contributed by atoms with Crippen LogP contribution in [-0.4, -0.2) is 24.3 Å². The van der Waals surface area contributed by atoms with Crippen molar-refractivity contribution in [2.45, 2.75) is 13.8 Å². The normalized spacial score (nSPS) is 19.6. The van der Waals surface area contributed by atoms with E-state index in [1.165, 1.54) is 0 Å². The second-order valence-corrected chi connectivity index (χ2v) is 3.28. The van der Waals surface area contributed by atoms with Gasteiger partial charge in [-0.1, -0.05) is 24.3 Å². The lowest BCUT2D eigenvalue weighted by molar-refractivity contribution is -0.108. The molecule has 0 fully saturated rings. The molecule has 0 heterocycles. The number of carbonyl (C=O) groups excluding carboxylic acids is 1. The Labute approximate surface area is 85.6 Å². The quantitative estimate of drug-likeness (QED) is 0.635. The molecule has 0 aromatic heterocycles. The minimum Gasteiger partial charge on any atom is -0.377 e. The molecule has 0 saturated heterocycles. The average Bonchev–Trinajstić information content (AvgIpc) is 2.26. The number of carbonyl (C=O) groups is 1. The van der Waals surface area contributed by atoms with E-state index in [4.69, 9.17) is 0 Å². The van der Waals surface area contributed by atoms with Crippen molar-refractivity contribution in [3.05, 3.63) is 36.1 Å². The van der Waals surface area contributed by atoms with Gasteiger partial charge in [-0.25, -0.2) is 0 Å². The van der Waals surface area contributed by atoms with E-state index in [-0.39, 0.29) is 5.92 Å². The molecule has 0 bridgehead atoms. The molecule has 1 aliphatic rings. The summed E-state index contributed by atoms with van der Waals surface area (Å²) in [7, 11) is 0. The van der Waals surface area contributed by atoms with Gasteiger partial charge in [0.25, 0.3) is 0 Å². The van der Waals surface area contributed by atoms with E-state index in [0.29, 0.717) is 0 Å². The van der Waals surface area contributed by atoms with Gasteiger partial charge < -0.3 is 9.69 Å². The lowest BCUT2D eigenvalue weighted by Crippen LogP contribution is -2.16. The Morgan fingerprint density at radius 2 is 1.86 bits per heavy atom. The topological polar surface area (TPSA) is 20.3 Å². The van der Waals surface area contributed by atoms with E-state index in [0.717, 1.165) is 24.9 Å². The van der Waals surface area contributed by atoms with Gasteiger partial charge in [0, 0.05) is 19.3 Å². The van der Waals surface area contributed by atoms with Crippen molar-refractivity contribution in [1.82, 2.24) is 4.90 Å². The predicted octanol–water partition coefficient (Wildman–Crippen LogP) is 2.15. The zero-order chi connectivity index (χ0) is 10.4. The maximum Gasteiger partial charge on any atom is 0.130 e. The van der Waals surface area contributed by atoms with E-state index >= 15 is 0 Å². The van der Waals surface area contributed by atoms with Crippen molar-refractivity contribution in [1.29, 1.82) is 0 Å². The summed E-state index contributed by atoms with van der Waals surface area (Å²) in [5, 5.41) is 0. The Morgan fingerprint density at radius 3 is 2.29 bits per heavy atom. The Morgan fingerprint density at radius 1 is 1.29 bits per heavy atom. The molecule has 0 unspecified atom stereocenters. The highest BCUT2D eigenvalue weighted by Crippen LogP contribution is 2.12. The first-order valence-electron chi connectivity index (χ1n) is 5.07. The van der Waals surface area contributed by atoms with Gasteiger partial charge in [-0.05, 0) is 19.4 Å². The summed E-state index contributed by atoms with van der Waals surface area (Å²) >= 11 is 0. The molecular weight excluding hydrogens is 174 g/mol. The third kappa shape index (κ3) is 2.87. The molecule has 0 spiro atoms. The van der Waals surface area contributed by atoms with Crippen molar-refractivity contribution in [2.24, 2.45) is 5.92 Å². The first kappa shape index (κ1) is 10.8. The van der Waals surface area contributed by atoms with E-state index in [2.05, 4.69) is 24.9 Å². The van der Waals surface area contributed by atoms with Crippen LogP contribution in [0, 0.1) is 5.92 Å². The second kappa shape index (κ2) is 5.43. The zero-order valence-corrected chi connectivity index (χ0v) is 8.81. The fraction of sp³-hybridized carbons (Fsp3) is 0.417. The number of nitrogens with zero attached hydrogens (tertiary/aromatic N) is 1. The third-order valence-corrected chi connectivity index (χ3v) is 2.32. The molecule has 0 N–H and O–H groups in total. The first-order chi connectivity index (χ1) is 6.80. The average molecular weight is 191 g/mol. The molecule has 0 radical (unpaired) electrons. The second-order valence-electron chi connectivity index (χ2n) is 3.28. The highest BCUT2D eigenvalue weighted by atomic mass is 16.1. The molecule has 2 heteroatoms. The minimum atomic E-state index is -0.0381. The fourth-order valence-corrected chi connectivity index (χ4v) is 1.36. The smallest absolute Gasteiger partial charge is 0.130 e. The van der Waals surface area contributed by atoms with Crippen LogP contribution in [-0.2, 0) is 4.79 Å². The van der Waals surface area contributed by atoms with Crippen LogP contribution < -0.4 is 0 Å². The minimum absolute atomic E-state index is 0.0381. The van der Waals surface area contributed by atoms with Crippen LogP contribution in [0.4, 0.5) is 0 Å². The number of rotatable bonds is 4. The highest BCUT2D eigenvalue weighted by Gasteiger charge is 2.03. The molecular formula is C12H17NO. The molecule has 0 saturated carbocycles. The van der Waals surface area contributed by atoms with Crippen LogP contribution in [0.3, 0.4) is 0 Å². The van der Waals surface area contributed by atoms with E-state index in [1.54, 1.807) is 0 Å². The summed E-state index contributed by atoms with van der Waals surface area (Å²) in [4.78, 5) is 12.7. The van der Waals surface area contributed by atoms with Crippen LogP contribution in [0.15, 0.2) is 36.1 Å². The van der Waals surface area contributed by atoms with Crippen molar-refractivity contribution >= 4 is 6.29 Å². The summed E-state index contributed by atoms with van der Waals surface area (Å²) in [6, 6.07) is 0. The van der Waals surface area contributed by atoms with Crippen molar-refractivity contribution < 1.29 is 4.79 Å². The van der Waals surface area contributed by atoms with Gasteiger partial charge >= 0.3 is 0 Å². The van der Waals surface area contributed by atoms with Crippen molar-refractivity contribution in [3.8, 4) is 0 Å². The molecule has 0 aromatic rings. The summed E-state index contributed by atoms with van der Waals surface area (Å²) in [6.45, 7) is 6.29. The largest absolute Gasteiger partial charge is 0.377 e. The SMILES string of the molecule is CCN(C=C1C=CC(C=O)C=C1)CC. The van der Waals surface area contributed by atoms with Crippen LogP contribution >= 0.6 is 0 Å². The summed E-state index contributed by atoms with van der Waals surface area (Å²) in [5.74, 6) is -0.0381. The van der Waals surface area contributed by atoms with Crippen LogP contribution in [0.2, 0.25) is 0 Å². The molecule has 14 heavy (non-hydrogen) atoms. The lowest BCUT2D eigenvalue weighted by Gasteiger charge is -2.17. The number of aldehydes is 1. The van der Waals surface area contributed by atoms with Crippen LogP contribution in [0.25, 0.3) is 0 Å². The molecule has 1 aliphatic carbocycles. The van der Waals surface area contributed by atoms with Gasteiger partial charge in [-0.2, -0.15) is 0 Å². The zero-order valence-electron chi connectivity index (χ0n) is 8.81. The van der Waals surface area contributed by atoms with Crippen LogP contribution in [0.1, 0.15) is 13.8 Å². The summed E-state index contributed by atoms with van der Waals surface area (Å²) < 4.78 is 0. The molecule has 1 rings (SSSR count). The molecule has 0 aromatic carbocycles. The third-order valence-electron chi connectivity index (χ3n) is 2.32. The van der Waals surface area contributed by atoms with Gasteiger partial charge in [0.1, 0.15) is 6.29 Å². The molecule has 76 valence electrons.